The first kappa shape index (κ1) is 20.6. The largest absolute Gasteiger partial charge is 0.494 e. The van der Waals surface area contributed by atoms with Crippen LogP contribution in [0.4, 0.5) is 10.8 Å². The number of nitrogens with zero attached hydrogens (tertiary/aromatic N) is 1. The summed E-state index contributed by atoms with van der Waals surface area (Å²) in [7, 11) is 0. The molecule has 3 aromatic carbocycles. The number of benzene rings is 3. The fraction of sp³-hybridized carbons (Fsp3) is 0.125. The molecule has 0 aliphatic heterocycles. The topological polar surface area (TPSA) is 80.3 Å². The number of carbonyl (C=O) groups excluding carboxylic acids is 2. The number of nitrogens with one attached hydrogen (secondary N) is 2. The molecule has 0 aliphatic rings. The van der Waals surface area contributed by atoms with Crippen LogP contribution in [0.3, 0.4) is 0 Å². The van der Waals surface area contributed by atoms with E-state index in [1.807, 2.05) is 55.5 Å². The summed E-state index contributed by atoms with van der Waals surface area (Å²) in [6.45, 7) is 2.53. The number of amides is 2. The number of hydrogen-bond donors (Lipinski definition) is 2. The van der Waals surface area contributed by atoms with Crippen molar-refractivity contribution < 1.29 is 14.3 Å². The molecule has 0 saturated carbocycles. The second-order valence-electron chi connectivity index (χ2n) is 6.82. The van der Waals surface area contributed by atoms with E-state index in [1.54, 1.807) is 24.3 Å². The lowest BCUT2D eigenvalue weighted by Crippen LogP contribution is -2.15. The molecule has 4 rings (SSSR count). The van der Waals surface area contributed by atoms with Gasteiger partial charge in [-0.25, -0.2) is 4.98 Å². The Labute approximate surface area is 183 Å². The van der Waals surface area contributed by atoms with Gasteiger partial charge in [0.05, 0.1) is 23.2 Å². The SMILES string of the molecule is CCOc1ccc2nc(NC(=O)c3ccc(NC(=O)Cc4ccccc4)cc3)sc2c1. The number of carbonyl (C=O) groups is 2. The van der Waals surface area contributed by atoms with Crippen LogP contribution in [0, 0.1) is 0 Å². The maximum absolute atomic E-state index is 12.6. The van der Waals surface area contributed by atoms with Crippen LogP contribution in [0.5, 0.6) is 5.75 Å². The molecule has 7 heteroatoms. The van der Waals surface area contributed by atoms with Crippen LogP contribution in [0.25, 0.3) is 10.2 Å². The highest BCUT2D eigenvalue weighted by molar-refractivity contribution is 7.22. The van der Waals surface area contributed by atoms with E-state index in [0.717, 1.165) is 21.5 Å². The molecule has 1 heterocycles. The molecule has 156 valence electrons. The lowest BCUT2D eigenvalue weighted by molar-refractivity contribution is -0.115. The van der Waals surface area contributed by atoms with Gasteiger partial charge in [0.25, 0.3) is 5.91 Å². The number of anilines is 2. The molecular weight excluding hydrogens is 410 g/mol. The summed E-state index contributed by atoms with van der Waals surface area (Å²) in [5.74, 6) is 0.414. The lowest BCUT2D eigenvalue weighted by atomic mass is 10.1. The van der Waals surface area contributed by atoms with Crippen LogP contribution in [-0.2, 0) is 11.2 Å². The van der Waals surface area contributed by atoms with E-state index in [1.165, 1.54) is 11.3 Å². The predicted molar refractivity (Wildman–Crippen MR) is 124 cm³/mol. The molecule has 0 radical (unpaired) electrons. The van der Waals surface area contributed by atoms with Crippen molar-refractivity contribution in [3.05, 3.63) is 83.9 Å². The third-order valence-corrected chi connectivity index (χ3v) is 5.46. The Morgan fingerprint density at radius 3 is 2.48 bits per heavy atom. The number of ether oxygens (including phenoxy) is 1. The molecule has 31 heavy (non-hydrogen) atoms. The van der Waals surface area contributed by atoms with Crippen LogP contribution < -0.4 is 15.4 Å². The van der Waals surface area contributed by atoms with Gasteiger partial charge in [-0.15, -0.1) is 0 Å². The minimum atomic E-state index is -0.258. The second kappa shape index (κ2) is 9.40. The Kier molecular flexibility index (Phi) is 6.24. The predicted octanol–water partition coefficient (Wildman–Crippen LogP) is 5.13. The second-order valence-corrected chi connectivity index (χ2v) is 7.85. The van der Waals surface area contributed by atoms with Crippen molar-refractivity contribution in [2.75, 3.05) is 17.2 Å². The minimum Gasteiger partial charge on any atom is -0.494 e. The summed E-state index contributed by atoms with van der Waals surface area (Å²) in [5.41, 5.74) is 2.87. The summed E-state index contributed by atoms with van der Waals surface area (Å²) in [5, 5.41) is 6.20. The number of hydrogen-bond acceptors (Lipinski definition) is 5. The Hall–Kier alpha value is -3.71. The smallest absolute Gasteiger partial charge is 0.257 e. The molecule has 0 fully saturated rings. The maximum atomic E-state index is 12.6. The van der Waals surface area contributed by atoms with Crippen LogP contribution in [0.2, 0.25) is 0 Å². The summed E-state index contributed by atoms with van der Waals surface area (Å²) >= 11 is 1.39. The highest BCUT2D eigenvalue weighted by Gasteiger charge is 2.11. The van der Waals surface area contributed by atoms with Gasteiger partial charge in [-0.1, -0.05) is 41.7 Å². The Morgan fingerprint density at radius 2 is 1.74 bits per heavy atom. The van der Waals surface area contributed by atoms with E-state index in [9.17, 15) is 9.59 Å². The fourth-order valence-corrected chi connectivity index (χ4v) is 3.96. The summed E-state index contributed by atoms with van der Waals surface area (Å²) in [6, 6.07) is 22.0. The van der Waals surface area contributed by atoms with Gasteiger partial charge in [-0.05, 0) is 55.0 Å². The number of fused-ring (bicyclic) bond motifs is 1. The van der Waals surface area contributed by atoms with E-state index in [0.29, 0.717) is 29.4 Å². The van der Waals surface area contributed by atoms with Gasteiger partial charge in [0.2, 0.25) is 5.91 Å². The molecule has 0 spiro atoms. The van der Waals surface area contributed by atoms with Crippen LogP contribution in [-0.4, -0.2) is 23.4 Å². The summed E-state index contributed by atoms with van der Waals surface area (Å²) < 4.78 is 6.45. The first-order valence-corrected chi connectivity index (χ1v) is 10.7. The van der Waals surface area contributed by atoms with E-state index < -0.39 is 0 Å². The summed E-state index contributed by atoms with van der Waals surface area (Å²) in [6.07, 6.45) is 0.297. The highest BCUT2D eigenvalue weighted by atomic mass is 32.1. The number of aromatic nitrogens is 1. The van der Waals surface area contributed by atoms with Crippen molar-refractivity contribution in [2.45, 2.75) is 13.3 Å². The van der Waals surface area contributed by atoms with E-state index in [-0.39, 0.29) is 11.8 Å². The first-order chi connectivity index (χ1) is 15.1. The lowest BCUT2D eigenvalue weighted by Gasteiger charge is -2.07. The Morgan fingerprint density at radius 1 is 0.968 bits per heavy atom. The molecule has 0 saturated heterocycles. The molecule has 1 aromatic heterocycles. The van der Waals surface area contributed by atoms with Crippen molar-refractivity contribution in [1.82, 2.24) is 4.98 Å². The molecule has 0 unspecified atom stereocenters. The van der Waals surface area contributed by atoms with Crippen molar-refractivity contribution in [3.8, 4) is 5.75 Å². The van der Waals surface area contributed by atoms with E-state index in [2.05, 4.69) is 15.6 Å². The van der Waals surface area contributed by atoms with Gasteiger partial charge in [0.15, 0.2) is 5.13 Å². The molecule has 0 bridgehead atoms. The van der Waals surface area contributed by atoms with Crippen molar-refractivity contribution in [3.63, 3.8) is 0 Å². The van der Waals surface area contributed by atoms with Crippen LogP contribution in [0.1, 0.15) is 22.8 Å². The first-order valence-electron chi connectivity index (χ1n) is 9.89. The minimum absolute atomic E-state index is 0.107. The molecule has 4 aromatic rings. The zero-order valence-corrected chi connectivity index (χ0v) is 17.7. The average molecular weight is 432 g/mol. The van der Waals surface area contributed by atoms with Crippen molar-refractivity contribution in [2.24, 2.45) is 0 Å². The fourth-order valence-electron chi connectivity index (χ4n) is 3.08. The molecular formula is C24H21N3O3S. The normalized spacial score (nSPS) is 10.6. The van der Waals surface area contributed by atoms with E-state index in [4.69, 9.17) is 4.74 Å². The van der Waals surface area contributed by atoms with Gasteiger partial charge in [-0.2, -0.15) is 0 Å². The van der Waals surface area contributed by atoms with E-state index >= 15 is 0 Å². The molecule has 2 amide bonds. The quantitative estimate of drug-likeness (QED) is 0.425. The standard InChI is InChI=1S/C24H21N3O3S/c1-2-30-19-12-13-20-21(15-19)31-24(26-20)27-23(29)17-8-10-18(11-9-17)25-22(28)14-16-6-4-3-5-7-16/h3-13,15H,2,14H2,1H3,(H,25,28)(H,26,27,29). The van der Waals surface area contributed by atoms with Crippen molar-refractivity contribution >= 4 is 44.2 Å². The maximum Gasteiger partial charge on any atom is 0.257 e. The molecule has 2 N–H and O–H groups in total. The zero-order chi connectivity index (χ0) is 21.6. The van der Waals surface area contributed by atoms with Crippen LogP contribution >= 0.6 is 11.3 Å². The van der Waals surface area contributed by atoms with Crippen LogP contribution in [0.15, 0.2) is 72.8 Å². The number of thiazole rings is 1. The van der Waals surface area contributed by atoms with Gasteiger partial charge in [0.1, 0.15) is 5.75 Å². The highest BCUT2D eigenvalue weighted by Crippen LogP contribution is 2.29. The summed E-state index contributed by atoms with van der Waals surface area (Å²) in [4.78, 5) is 29.2. The third kappa shape index (κ3) is 5.26. The average Bonchev–Trinajstić information content (AvgIpc) is 3.16. The van der Waals surface area contributed by atoms with Gasteiger partial charge in [-0.3, -0.25) is 14.9 Å². The zero-order valence-electron chi connectivity index (χ0n) is 16.9. The van der Waals surface area contributed by atoms with Gasteiger partial charge < -0.3 is 10.1 Å². The molecule has 6 nitrogen and oxygen atoms in total. The van der Waals surface area contributed by atoms with Gasteiger partial charge >= 0.3 is 0 Å². The van der Waals surface area contributed by atoms with Crippen molar-refractivity contribution in [1.29, 1.82) is 0 Å². The molecule has 0 aliphatic carbocycles. The molecule has 0 atom stereocenters. The Bertz CT molecular complexity index is 1200. The van der Waals surface area contributed by atoms with Gasteiger partial charge in [0, 0.05) is 11.3 Å². The Balaban J connectivity index is 1.38. The third-order valence-electron chi connectivity index (χ3n) is 4.53. The number of rotatable bonds is 7. The monoisotopic (exact) mass is 431 g/mol.